The van der Waals surface area contributed by atoms with Crippen LogP contribution in [0, 0.1) is 6.92 Å². The van der Waals surface area contributed by atoms with Gasteiger partial charge in [-0.2, -0.15) is 5.10 Å². The van der Waals surface area contributed by atoms with Gasteiger partial charge in [0, 0.05) is 12.1 Å². The fraction of sp³-hybridized carbons (Fsp3) is 0.143. The van der Waals surface area contributed by atoms with Crippen molar-refractivity contribution < 1.29 is 4.79 Å². The molecule has 0 aliphatic carbocycles. The van der Waals surface area contributed by atoms with E-state index in [4.69, 9.17) is 5.73 Å². The van der Waals surface area contributed by atoms with Crippen molar-refractivity contribution in [2.45, 2.75) is 6.92 Å². The minimum absolute atomic E-state index is 0.415. The molecule has 0 spiro atoms. The molecule has 3 rings (SSSR count). The quantitative estimate of drug-likeness (QED) is 0.855. The van der Waals surface area contributed by atoms with Crippen LogP contribution in [-0.4, -0.2) is 22.2 Å². The van der Waals surface area contributed by atoms with E-state index >= 15 is 0 Å². The smallest absolute Gasteiger partial charge is 0.254 e. The van der Waals surface area contributed by atoms with Gasteiger partial charge in [0.15, 0.2) is 0 Å². The molecule has 5 nitrogen and oxygen atoms in total. The Balaban J connectivity index is 2.11. The number of hydrogen-bond acceptors (Lipinski definition) is 3. The summed E-state index contributed by atoms with van der Waals surface area (Å²) in [6, 6.07) is 8.17. The predicted molar refractivity (Wildman–Crippen MR) is 73.8 cm³/mol. The van der Waals surface area contributed by atoms with Gasteiger partial charge in [-0.05, 0) is 19.1 Å². The Kier molecular flexibility index (Phi) is 2.59. The Morgan fingerprint density at radius 2 is 2.32 bits per heavy atom. The summed E-state index contributed by atoms with van der Waals surface area (Å²) < 4.78 is 1.72. The maximum atomic E-state index is 11.3. The van der Waals surface area contributed by atoms with Gasteiger partial charge >= 0.3 is 0 Å². The minimum atomic E-state index is -0.473. The lowest BCUT2D eigenvalue weighted by Crippen LogP contribution is -2.19. The maximum Gasteiger partial charge on any atom is 0.254 e. The zero-order valence-corrected chi connectivity index (χ0v) is 10.6. The molecule has 1 aromatic heterocycles. The number of carbonyl (C=O) groups is 1. The SMILES string of the molecule is Cc1cccc(C2=CCNc3c(C(N)=O)cnn32)c1. The molecule has 3 N–H and O–H groups in total. The summed E-state index contributed by atoms with van der Waals surface area (Å²) in [7, 11) is 0. The van der Waals surface area contributed by atoms with Gasteiger partial charge in [0.1, 0.15) is 11.4 Å². The second-order valence-corrected chi connectivity index (χ2v) is 4.52. The molecular weight excluding hydrogens is 240 g/mol. The number of carbonyl (C=O) groups excluding carboxylic acids is 1. The molecule has 0 atom stereocenters. The van der Waals surface area contributed by atoms with Crippen LogP contribution in [0.4, 0.5) is 5.82 Å². The third kappa shape index (κ3) is 1.89. The van der Waals surface area contributed by atoms with Gasteiger partial charge < -0.3 is 11.1 Å². The van der Waals surface area contributed by atoms with Crippen LogP contribution in [0.15, 0.2) is 36.5 Å². The number of primary amides is 1. The van der Waals surface area contributed by atoms with E-state index in [-0.39, 0.29) is 0 Å². The van der Waals surface area contributed by atoms with Gasteiger partial charge in [0.25, 0.3) is 5.91 Å². The Labute approximate surface area is 110 Å². The van der Waals surface area contributed by atoms with Crippen LogP contribution >= 0.6 is 0 Å². The van der Waals surface area contributed by atoms with Crippen molar-refractivity contribution >= 4 is 17.4 Å². The first-order valence-corrected chi connectivity index (χ1v) is 6.06. The molecule has 0 saturated carbocycles. The van der Waals surface area contributed by atoms with Gasteiger partial charge in [-0.3, -0.25) is 4.79 Å². The van der Waals surface area contributed by atoms with E-state index in [1.54, 1.807) is 4.68 Å². The molecule has 1 amide bonds. The number of rotatable bonds is 2. The lowest BCUT2D eigenvalue weighted by Gasteiger charge is -2.18. The van der Waals surface area contributed by atoms with Gasteiger partial charge in [0.2, 0.25) is 0 Å². The van der Waals surface area contributed by atoms with E-state index in [1.165, 1.54) is 11.8 Å². The van der Waals surface area contributed by atoms with Crippen LogP contribution in [0.25, 0.3) is 5.70 Å². The molecule has 0 radical (unpaired) electrons. The molecule has 1 aliphatic heterocycles. The van der Waals surface area contributed by atoms with Gasteiger partial charge in [-0.15, -0.1) is 0 Å². The fourth-order valence-electron chi connectivity index (χ4n) is 2.26. The van der Waals surface area contributed by atoms with E-state index in [0.29, 0.717) is 17.9 Å². The van der Waals surface area contributed by atoms with E-state index in [9.17, 15) is 4.79 Å². The molecule has 2 aromatic rings. The molecule has 19 heavy (non-hydrogen) atoms. The van der Waals surface area contributed by atoms with Gasteiger partial charge in [-0.1, -0.05) is 23.8 Å². The first kappa shape index (κ1) is 11.5. The zero-order valence-electron chi connectivity index (χ0n) is 10.6. The number of aromatic nitrogens is 2. The topological polar surface area (TPSA) is 72.9 Å². The highest BCUT2D eigenvalue weighted by molar-refractivity contribution is 5.98. The van der Waals surface area contributed by atoms with E-state index in [1.807, 2.05) is 31.2 Å². The largest absolute Gasteiger partial charge is 0.366 e. The van der Waals surface area contributed by atoms with Gasteiger partial charge in [-0.25, -0.2) is 4.68 Å². The Bertz CT molecular complexity index is 685. The number of hydrogen-bond donors (Lipinski definition) is 2. The van der Waals surface area contributed by atoms with E-state index in [2.05, 4.69) is 16.5 Å². The molecule has 0 saturated heterocycles. The van der Waals surface area contributed by atoms with Crippen LogP contribution in [-0.2, 0) is 0 Å². The normalized spacial score (nSPS) is 13.4. The molecule has 0 unspecified atom stereocenters. The van der Waals surface area contributed by atoms with Crippen molar-refractivity contribution in [2.75, 3.05) is 11.9 Å². The minimum Gasteiger partial charge on any atom is -0.366 e. The monoisotopic (exact) mass is 254 g/mol. The molecule has 1 aromatic carbocycles. The summed E-state index contributed by atoms with van der Waals surface area (Å²) in [5.41, 5.74) is 8.97. The van der Waals surface area contributed by atoms with Crippen molar-refractivity contribution in [3.8, 4) is 0 Å². The van der Waals surface area contributed by atoms with Crippen molar-refractivity contribution in [2.24, 2.45) is 5.73 Å². The van der Waals surface area contributed by atoms with Crippen LogP contribution < -0.4 is 11.1 Å². The molecule has 2 heterocycles. The maximum absolute atomic E-state index is 11.3. The number of nitrogens with zero attached hydrogens (tertiary/aromatic N) is 2. The number of fused-ring (bicyclic) bond motifs is 1. The van der Waals surface area contributed by atoms with Crippen LogP contribution in [0.3, 0.4) is 0 Å². The molecule has 5 heteroatoms. The summed E-state index contributed by atoms with van der Waals surface area (Å²) >= 11 is 0. The highest BCUT2D eigenvalue weighted by Gasteiger charge is 2.20. The summed E-state index contributed by atoms with van der Waals surface area (Å²) in [5, 5.41) is 7.38. The van der Waals surface area contributed by atoms with Crippen LogP contribution in [0.1, 0.15) is 21.5 Å². The second kappa shape index (κ2) is 4.28. The molecule has 0 fully saturated rings. The molecular formula is C14H14N4O. The molecule has 1 aliphatic rings. The highest BCUT2D eigenvalue weighted by atomic mass is 16.1. The van der Waals surface area contributed by atoms with Crippen LogP contribution in [0.5, 0.6) is 0 Å². The van der Waals surface area contributed by atoms with Gasteiger partial charge in [0.05, 0.1) is 11.9 Å². The average Bonchev–Trinajstić information content (AvgIpc) is 2.82. The summed E-state index contributed by atoms with van der Waals surface area (Å²) in [5.74, 6) is 0.186. The fourth-order valence-corrected chi connectivity index (χ4v) is 2.26. The van der Waals surface area contributed by atoms with Crippen molar-refractivity contribution in [1.82, 2.24) is 9.78 Å². The van der Waals surface area contributed by atoms with Crippen molar-refractivity contribution in [3.63, 3.8) is 0 Å². The van der Waals surface area contributed by atoms with E-state index in [0.717, 1.165) is 11.3 Å². The van der Waals surface area contributed by atoms with Crippen molar-refractivity contribution in [3.05, 3.63) is 53.2 Å². The molecule has 96 valence electrons. The predicted octanol–water partition coefficient (Wildman–Crippen LogP) is 1.61. The third-order valence-electron chi connectivity index (χ3n) is 3.14. The average molecular weight is 254 g/mol. The summed E-state index contributed by atoms with van der Waals surface area (Å²) in [6.45, 7) is 2.69. The Morgan fingerprint density at radius 1 is 1.47 bits per heavy atom. The standard InChI is InChI=1S/C14H14N4O/c1-9-3-2-4-10(7-9)12-5-6-16-14-11(13(15)19)8-17-18(12)14/h2-5,7-8,16H,6H2,1H3,(H2,15,19). The highest BCUT2D eigenvalue weighted by Crippen LogP contribution is 2.27. The number of nitrogens with two attached hydrogens (primary N) is 1. The zero-order chi connectivity index (χ0) is 13.4. The lowest BCUT2D eigenvalue weighted by atomic mass is 10.1. The number of benzene rings is 1. The second-order valence-electron chi connectivity index (χ2n) is 4.52. The van der Waals surface area contributed by atoms with Crippen molar-refractivity contribution in [1.29, 1.82) is 0 Å². The Hall–Kier alpha value is -2.56. The number of anilines is 1. The first-order chi connectivity index (χ1) is 9.16. The molecule has 0 bridgehead atoms. The Morgan fingerprint density at radius 3 is 3.05 bits per heavy atom. The number of nitrogens with one attached hydrogen (secondary N) is 1. The lowest BCUT2D eigenvalue weighted by molar-refractivity contribution is 0.100. The third-order valence-corrected chi connectivity index (χ3v) is 3.14. The van der Waals surface area contributed by atoms with Crippen LogP contribution in [0.2, 0.25) is 0 Å². The first-order valence-electron chi connectivity index (χ1n) is 6.06. The number of aryl methyl sites for hydroxylation is 1. The number of amides is 1. The van der Waals surface area contributed by atoms with E-state index < -0.39 is 5.91 Å². The summed E-state index contributed by atoms with van der Waals surface area (Å²) in [4.78, 5) is 11.3. The summed E-state index contributed by atoms with van der Waals surface area (Å²) in [6.07, 6.45) is 3.54.